The fourth-order valence-electron chi connectivity index (χ4n) is 0.976. The monoisotopic (exact) mass is 197 g/mol. The standard InChI is InChI=1S/C7H7N3O4/c8-6-3-1-2-5(9(11)12)4-7(6)10(13)14/h1-2,4H,3,8H2. The second kappa shape index (κ2) is 3.69. The van der Waals surface area contributed by atoms with Crippen molar-refractivity contribution in [2.45, 2.75) is 6.42 Å². The Labute approximate surface area is 78.5 Å². The fourth-order valence-corrected chi connectivity index (χ4v) is 0.976. The highest BCUT2D eigenvalue weighted by molar-refractivity contribution is 5.29. The van der Waals surface area contributed by atoms with Crippen molar-refractivity contribution in [1.82, 2.24) is 0 Å². The number of rotatable bonds is 2. The van der Waals surface area contributed by atoms with Crippen LogP contribution in [-0.4, -0.2) is 9.85 Å². The third-order valence-electron chi connectivity index (χ3n) is 1.65. The molecule has 0 aromatic rings. The first-order chi connectivity index (χ1) is 6.52. The van der Waals surface area contributed by atoms with Crippen LogP contribution in [0, 0.1) is 20.2 Å². The summed E-state index contributed by atoms with van der Waals surface area (Å²) in [7, 11) is 0. The van der Waals surface area contributed by atoms with E-state index >= 15 is 0 Å². The Morgan fingerprint density at radius 3 is 2.43 bits per heavy atom. The van der Waals surface area contributed by atoms with Gasteiger partial charge in [-0.15, -0.1) is 0 Å². The highest BCUT2D eigenvalue weighted by Gasteiger charge is 2.20. The third-order valence-corrected chi connectivity index (χ3v) is 1.65. The van der Waals surface area contributed by atoms with E-state index in [1.165, 1.54) is 12.2 Å². The number of nitro groups is 2. The Morgan fingerprint density at radius 2 is 1.93 bits per heavy atom. The van der Waals surface area contributed by atoms with Gasteiger partial charge in [0, 0.05) is 12.5 Å². The number of allylic oxidation sites excluding steroid dienone is 3. The molecule has 0 aliphatic heterocycles. The van der Waals surface area contributed by atoms with Crippen LogP contribution >= 0.6 is 0 Å². The normalized spacial score (nSPS) is 16.1. The lowest BCUT2D eigenvalue weighted by Gasteiger charge is -1.94. The van der Waals surface area contributed by atoms with Gasteiger partial charge >= 0.3 is 0 Å². The topological polar surface area (TPSA) is 112 Å². The number of nitrogens with zero attached hydrogens (tertiary/aromatic N) is 2. The van der Waals surface area contributed by atoms with Gasteiger partial charge in [-0.1, -0.05) is 6.08 Å². The number of hydrogen-bond acceptors (Lipinski definition) is 5. The minimum absolute atomic E-state index is 0.0168. The minimum atomic E-state index is -0.730. The molecule has 7 heteroatoms. The molecule has 0 saturated carbocycles. The Balaban J connectivity index is 3.19. The maximum atomic E-state index is 10.5. The lowest BCUT2D eigenvalue weighted by molar-refractivity contribution is -0.431. The van der Waals surface area contributed by atoms with Crippen LogP contribution in [0.2, 0.25) is 0 Å². The van der Waals surface area contributed by atoms with Crippen molar-refractivity contribution >= 4 is 0 Å². The lowest BCUT2D eigenvalue weighted by atomic mass is 10.3. The first kappa shape index (κ1) is 9.90. The molecule has 7 nitrogen and oxygen atoms in total. The summed E-state index contributed by atoms with van der Waals surface area (Å²) in [5, 5.41) is 20.8. The average Bonchev–Trinajstić information content (AvgIpc) is 2.26. The number of hydrogen-bond donors (Lipinski definition) is 1. The van der Waals surface area contributed by atoms with Crippen molar-refractivity contribution in [2.75, 3.05) is 0 Å². The molecule has 1 rings (SSSR count). The van der Waals surface area contributed by atoms with Gasteiger partial charge in [0.15, 0.2) is 0 Å². The molecule has 0 heterocycles. The van der Waals surface area contributed by atoms with Gasteiger partial charge in [-0.25, -0.2) is 0 Å². The third kappa shape index (κ3) is 1.94. The van der Waals surface area contributed by atoms with Crippen molar-refractivity contribution in [3.05, 3.63) is 55.5 Å². The molecular formula is C7H7N3O4. The molecule has 1 aliphatic carbocycles. The SMILES string of the molecule is NC1=C([N+](=O)[O-])C=C([N+](=O)[O-])C=CC1. The molecule has 0 atom stereocenters. The summed E-state index contributed by atoms with van der Waals surface area (Å²) in [6, 6.07) is 0. The molecular weight excluding hydrogens is 190 g/mol. The quantitative estimate of drug-likeness (QED) is 0.513. The van der Waals surface area contributed by atoms with Crippen LogP contribution in [-0.2, 0) is 0 Å². The van der Waals surface area contributed by atoms with Crippen LogP contribution in [0.4, 0.5) is 0 Å². The predicted molar refractivity (Wildman–Crippen MR) is 47.0 cm³/mol. The molecule has 0 radical (unpaired) electrons. The maximum absolute atomic E-state index is 10.5. The summed E-state index contributed by atoms with van der Waals surface area (Å²) >= 11 is 0. The molecule has 0 unspecified atom stereocenters. The lowest BCUT2D eigenvalue weighted by Crippen LogP contribution is -2.08. The van der Waals surface area contributed by atoms with Crippen LogP contribution in [0.25, 0.3) is 0 Å². The predicted octanol–water partition coefficient (Wildman–Crippen LogP) is 0.554. The van der Waals surface area contributed by atoms with Crippen molar-refractivity contribution in [2.24, 2.45) is 5.73 Å². The van der Waals surface area contributed by atoms with Gasteiger partial charge in [0.05, 0.1) is 21.6 Å². The van der Waals surface area contributed by atoms with Crippen molar-refractivity contribution in [1.29, 1.82) is 0 Å². The molecule has 0 spiro atoms. The van der Waals surface area contributed by atoms with E-state index in [1.54, 1.807) is 0 Å². The maximum Gasteiger partial charge on any atom is 0.295 e. The zero-order valence-electron chi connectivity index (χ0n) is 7.04. The molecule has 14 heavy (non-hydrogen) atoms. The van der Waals surface area contributed by atoms with Crippen LogP contribution in [0.3, 0.4) is 0 Å². The summed E-state index contributed by atoms with van der Waals surface area (Å²) in [5.41, 5.74) is 4.63. The number of nitrogens with two attached hydrogens (primary N) is 1. The summed E-state index contributed by atoms with van der Waals surface area (Å²) in [6.45, 7) is 0. The zero-order valence-corrected chi connectivity index (χ0v) is 7.04. The molecule has 2 N–H and O–H groups in total. The van der Waals surface area contributed by atoms with Crippen LogP contribution in [0.15, 0.2) is 35.3 Å². The van der Waals surface area contributed by atoms with Crippen LogP contribution < -0.4 is 5.73 Å². The van der Waals surface area contributed by atoms with Gasteiger partial charge in [-0.2, -0.15) is 0 Å². The van der Waals surface area contributed by atoms with Crippen molar-refractivity contribution in [3.8, 4) is 0 Å². The van der Waals surface area contributed by atoms with Gasteiger partial charge in [-0.3, -0.25) is 20.2 Å². The second-order valence-electron chi connectivity index (χ2n) is 2.60. The Morgan fingerprint density at radius 1 is 1.29 bits per heavy atom. The first-order valence-electron chi connectivity index (χ1n) is 3.68. The fraction of sp³-hybridized carbons (Fsp3) is 0.143. The molecule has 0 aromatic heterocycles. The van der Waals surface area contributed by atoms with Crippen molar-refractivity contribution < 1.29 is 9.85 Å². The van der Waals surface area contributed by atoms with E-state index in [2.05, 4.69) is 0 Å². The zero-order chi connectivity index (χ0) is 10.7. The average molecular weight is 197 g/mol. The summed E-state index contributed by atoms with van der Waals surface area (Å²) in [4.78, 5) is 19.4. The molecule has 0 fully saturated rings. The summed E-state index contributed by atoms with van der Waals surface area (Å²) in [6.07, 6.45) is 3.62. The molecule has 0 aromatic carbocycles. The van der Waals surface area contributed by atoms with E-state index in [4.69, 9.17) is 5.73 Å². The smallest absolute Gasteiger partial charge is 0.295 e. The van der Waals surface area contributed by atoms with Gasteiger partial charge in [-0.05, 0) is 0 Å². The van der Waals surface area contributed by atoms with Crippen LogP contribution in [0.1, 0.15) is 6.42 Å². The van der Waals surface area contributed by atoms with E-state index in [9.17, 15) is 20.2 Å². The summed E-state index contributed by atoms with van der Waals surface area (Å²) in [5.74, 6) is 0. The van der Waals surface area contributed by atoms with Gasteiger partial charge in [0.25, 0.3) is 11.4 Å². The molecule has 74 valence electrons. The highest BCUT2D eigenvalue weighted by Crippen LogP contribution is 2.15. The molecule has 0 bridgehead atoms. The highest BCUT2D eigenvalue weighted by atomic mass is 16.6. The Kier molecular flexibility index (Phi) is 2.61. The molecule has 1 aliphatic rings. The largest absolute Gasteiger partial charge is 0.396 e. The Bertz CT molecular complexity index is 380. The summed E-state index contributed by atoms with van der Waals surface area (Å²) < 4.78 is 0. The van der Waals surface area contributed by atoms with E-state index in [-0.39, 0.29) is 17.8 Å². The second-order valence-corrected chi connectivity index (χ2v) is 2.60. The van der Waals surface area contributed by atoms with Crippen molar-refractivity contribution in [3.63, 3.8) is 0 Å². The van der Waals surface area contributed by atoms with Gasteiger partial charge in [0.2, 0.25) is 0 Å². The van der Waals surface area contributed by atoms with Crippen LogP contribution in [0.5, 0.6) is 0 Å². The van der Waals surface area contributed by atoms with Gasteiger partial charge in [0.1, 0.15) is 0 Å². The Hall–Kier alpha value is -2.18. The first-order valence-corrected chi connectivity index (χ1v) is 3.68. The van der Waals surface area contributed by atoms with Gasteiger partial charge < -0.3 is 5.73 Å². The van der Waals surface area contributed by atoms with E-state index < -0.39 is 15.5 Å². The molecule has 0 saturated heterocycles. The van der Waals surface area contributed by atoms with E-state index in [0.29, 0.717) is 0 Å². The molecule has 0 amide bonds. The van der Waals surface area contributed by atoms with E-state index in [1.807, 2.05) is 0 Å². The van der Waals surface area contributed by atoms with E-state index in [0.717, 1.165) is 6.08 Å². The minimum Gasteiger partial charge on any atom is -0.396 e.